The Bertz CT molecular complexity index is 697. The van der Waals surface area contributed by atoms with Gasteiger partial charge in [-0.15, -0.1) is 0 Å². The van der Waals surface area contributed by atoms with Crippen LogP contribution in [0.2, 0.25) is 0 Å². The Morgan fingerprint density at radius 1 is 1.42 bits per heavy atom. The predicted molar refractivity (Wildman–Crippen MR) is 70.2 cm³/mol. The number of aliphatic hydroxyl groups excluding tert-OH is 1. The van der Waals surface area contributed by atoms with E-state index in [1.807, 2.05) is 0 Å². The molecule has 2 aromatic rings. The van der Waals surface area contributed by atoms with E-state index in [-0.39, 0.29) is 0 Å². The van der Waals surface area contributed by atoms with Crippen molar-refractivity contribution in [1.29, 1.82) is 0 Å². The molecule has 5 nitrogen and oxygen atoms in total. The van der Waals surface area contributed by atoms with Gasteiger partial charge in [0.15, 0.2) is 5.78 Å². The van der Waals surface area contributed by atoms with E-state index in [1.54, 1.807) is 24.3 Å². The minimum absolute atomic E-state index is 0.401. The van der Waals surface area contributed by atoms with E-state index >= 15 is 0 Å². The summed E-state index contributed by atoms with van der Waals surface area (Å²) < 4.78 is 10.2. The van der Waals surface area contributed by atoms with Crippen molar-refractivity contribution < 1.29 is 19.1 Å². The Morgan fingerprint density at radius 2 is 2.21 bits per heavy atom. The van der Waals surface area contributed by atoms with Crippen LogP contribution in [0, 0.1) is 0 Å². The van der Waals surface area contributed by atoms with Gasteiger partial charge in [-0.2, -0.15) is 0 Å². The molecule has 0 atom stereocenters. The first kappa shape index (κ1) is 13.0. The molecule has 0 amide bonds. The molecular formula is C14H12O5. The van der Waals surface area contributed by atoms with Crippen LogP contribution in [0.5, 0.6) is 5.75 Å². The Balaban J connectivity index is 2.54. The molecule has 1 N–H and O–H groups in total. The molecule has 0 aliphatic heterocycles. The number of carbonyl (C=O) groups is 1. The van der Waals surface area contributed by atoms with Crippen LogP contribution >= 0.6 is 0 Å². The van der Waals surface area contributed by atoms with Gasteiger partial charge in [-0.25, -0.2) is 4.79 Å². The van der Waals surface area contributed by atoms with Gasteiger partial charge in [0.2, 0.25) is 0 Å². The monoisotopic (exact) mass is 260 g/mol. The quantitative estimate of drug-likeness (QED) is 0.663. The van der Waals surface area contributed by atoms with Gasteiger partial charge in [0.25, 0.3) is 0 Å². The highest BCUT2D eigenvalue weighted by atomic mass is 16.5. The zero-order valence-electron chi connectivity index (χ0n) is 10.3. The van der Waals surface area contributed by atoms with Crippen LogP contribution < -0.4 is 10.4 Å². The maximum Gasteiger partial charge on any atom is 0.336 e. The molecule has 0 aliphatic carbocycles. The maximum atomic E-state index is 11.1. The SMILES string of the molecule is COc1cc2oc(=O)ccc2cc1/C=C/C(=O)CO. The summed E-state index contributed by atoms with van der Waals surface area (Å²) in [6.45, 7) is -0.540. The highest BCUT2D eigenvalue weighted by molar-refractivity contribution is 5.95. The number of hydrogen-bond donors (Lipinski definition) is 1. The molecule has 0 aliphatic rings. The van der Waals surface area contributed by atoms with Gasteiger partial charge in [0.1, 0.15) is 17.9 Å². The topological polar surface area (TPSA) is 76.7 Å². The summed E-state index contributed by atoms with van der Waals surface area (Å²) in [7, 11) is 1.48. The van der Waals surface area contributed by atoms with Crippen LogP contribution in [0.25, 0.3) is 17.0 Å². The second-order valence-corrected chi connectivity index (χ2v) is 3.84. The molecular weight excluding hydrogens is 248 g/mol. The van der Waals surface area contributed by atoms with Crippen molar-refractivity contribution in [2.24, 2.45) is 0 Å². The summed E-state index contributed by atoms with van der Waals surface area (Å²) in [6.07, 6.45) is 2.81. The van der Waals surface area contributed by atoms with Crippen LogP contribution in [0.4, 0.5) is 0 Å². The second-order valence-electron chi connectivity index (χ2n) is 3.84. The fourth-order valence-electron chi connectivity index (χ4n) is 1.66. The lowest BCUT2D eigenvalue weighted by molar-refractivity contribution is -0.117. The van der Waals surface area contributed by atoms with Crippen LogP contribution in [0.3, 0.4) is 0 Å². The minimum atomic E-state index is -0.540. The first-order chi connectivity index (χ1) is 9.13. The molecule has 1 aromatic carbocycles. The summed E-state index contributed by atoms with van der Waals surface area (Å²) in [5.41, 5.74) is 0.633. The van der Waals surface area contributed by atoms with Crippen molar-refractivity contribution in [1.82, 2.24) is 0 Å². The smallest absolute Gasteiger partial charge is 0.336 e. The number of benzene rings is 1. The number of aliphatic hydroxyl groups is 1. The number of ether oxygens (including phenoxy) is 1. The molecule has 0 spiro atoms. The Morgan fingerprint density at radius 3 is 2.89 bits per heavy atom. The predicted octanol–water partition coefficient (Wildman–Crippen LogP) is 1.38. The summed E-state index contributed by atoms with van der Waals surface area (Å²) in [4.78, 5) is 22.2. The molecule has 19 heavy (non-hydrogen) atoms. The van der Waals surface area contributed by atoms with Gasteiger partial charge in [-0.1, -0.05) is 0 Å². The van der Waals surface area contributed by atoms with Crippen LogP contribution in [-0.2, 0) is 4.79 Å². The molecule has 0 radical (unpaired) electrons. The zero-order chi connectivity index (χ0) is 13.8. The Kier molecular flexibility index (Phi) is 3.77. The number of hydrogen-bond acceptors (Lipinski definition) is 5. The molecule has 0 saturated carbocycles. The Labute approximate surface area is 108 Å². The third-order valence-corrected chi connectivity index (χ3v) is 2.58. The normalized spacial score (nSPS) is 11.1. The van der Waals surface area contributed by atoms with Crippen molar-refractivity contribution in [2.45, 2.75) is 0 Å². The highest BCUT2D eigenvalue weighted by Gasteiger charge is 2.05. The fourth-order valence-corrected chi connectivity index (χ4v) is 1.66. The molecule has 0 fully saturated rings. The summed E-state index contributed by atoms with van der Waals surface area (Å²) in [6, 6.07) is 6.27. The number of methoxy groups -OCH3 is 1. The van der Waals surface area contributed by atoms with Gasteiger partial charge in [-0.05, 0) is 24.3 Å². The Hall–Kier alpha value is -2.40. The van der Waals surface area contributed by atoms with Crippen molar-refractivity contribution in [2.75, 3.05) is 13.7 Å². The van der Waals surface area contributed by atoms with E-state index < -0.39 is 18.0 Å². The molecule has 1 heterocycles. The lowest BCUT2D eigenvalue weighted by Crippen LogP contribution is -1.98. The summed E-state index contributed by atoms with van der Waals surface area (Å²) in [5.74, 6) is 0.0746. The zero-order valence-corrected chi connectivity index (χ0v) is 10.3. The number of fused-ring (bicyclic) bond motifs is 1. The molecule has 5 heteroatoms. The lowest BCUT2D eigenvalue weighted by atomic mass is 10.1. The van der Waals surface area contributed by atoms with E-state index in [0.717, 1.165) is 5.39 Å². The first-order valence-corrected chi connectivity index (χ1v) is 5.57. The number of ketones is 1. The molecule has 1 aromatic heterocycles. The molecule has 98 valence electrons. The van der Waals surface area contributed by atoms with Crippen molar-refractivity contribution in [3.8, 4) is 5.75 Å². The molecule has 0 saturated heterocycles. The van der Waals surface area contributed by atoms with Crippen LogP contribution in [0.1, 0.15) is 5.56 Å². The van der Waals surface area contributed by atoms with Crippen molar-refractivity contribution in [3.05, 3.63) is 46.3 Å². The summed E-state index contributed by atoms with van der Waals surface area (Å²) >= 11 is 0. The third-order valence-electron chi connectivity index (χ3n) is 2.58. The molecule has 2 rings (SSSR count). The van der Waals surface area contributed by atoms with Gasteiger partial charge in [-0.3, -0.25) is 4.79 Å². The van der Waals surface area contributed by atoms with E-state index in [1.165, 1.54) is 19.3 Å². The fraction of sp³-hybridized carbons (Fsp3) is 0.143. The standard InChI is InChI=1S/C14H12O5/c1-18-12-7-13-10(3-5-14(17)19-13)6-9(12)2-4-11(16)8-15/h2-7,15H,8H2,1H3/b4-2+. The molecule has 0 unspecified atom stereocenters. The maximum absolute atomic E-state index is 11.1. The largest absolute Gasteiger partial charge is 0.496 e. The third kappa shape index (κ3) is 2.89. The average Bonchev–Trinajstić information content (AvgIpc) is 2.43. The highest BCUT2D eigenvalue weighted by Crippen LogP contribution is 2.26. The van der Waals surface area contributed by atoms with Gasteiger partial charge < -0.3 is 14.3 Å². The first-order valence-electron chi connectivity index (χ1n) is 5.57. The van der Waals surface area contributed by atoms with Gasteiger partial charge in [0.05, 0.1) is 7.11 Å². The van der Waals surface area contributed by atoms with Crippen molar-refractivity contribution >= 4 is 22.8 Å². The van der Waals surface area contributed by atoms with Crippen LogP contribution in [0.15, 0.2) is 39.6 Å². The minimum Gasteiger partial charge on any atom is -0.496 e. The van der Waals surface area contributed by atoms with Crippen LogP contribution in [-0.4, -0.2) is 24.6 Å². The number of rotatable bonds is 4. The van der Waals surface area contributed by atoms with Gasteiger partial charge in [0, 0.05) is 23.1 Å². The van der Waals surface area contributed by atoms with Gasteiger partial charge >= 0.3 is 5.63 Å². The van der Waals surface area contributed by atoms with E-state index in [9.17, 15) is 9.59 Å². The average molecular weight is 260 g/mol. The second kappa shape index (κ2) is 5.49. The summed E-state index contributed by atoms with van der Waals surface area (Å²) in [5, 5.41) is 9.38. The van der Waals surface area contributed by atoms with E-state index in [4.69, 9.17) is 14.3 Å². The lowest BCUT2D eigenvalue weighted by Gasteiger charge is -2.06. The molecule has 0 bridgehead atoms. The van der Waals surface area contributed by atoms with E-state index in [0.29, 0.717) is 16.9 Å². The number of carbonyl (C=O) groups excluding carboxylic acids is 1. The van der Waals surface area contributed by atoms with Crippen molar-refractivity contribution in [3.63, 3.8) is 0 Å². The van der Waals surface area contributed by atoms with E-state index in [2.05, 4.69) is 0 Å².